The van der Waals surface area contributed by atoms with E-state index < -0.39 is 0 Å². The van der Waals surface area contributed by atoms with E-state index in [0.717, 1.165) is 30.5 Å². The Bertz CT molecular complexity index is 937. The summed E-state index contributed by atoms with van der Waals surface area (Å²) in [6.45, 7) is 1.89. The minimum Gasteiger partial charge on any atom is -0.350 e. The van der Waals surface area contributed by atoms with Gasteiger partial charge >= 0.3 is 0 Å². The lowest BCUT2D eigenvalue weighted by Gasteiger charge is -2.12. The van der Waals surface area contributed by atoms with E-state index >= 15 is 0 Å². The Hall–Kier alpha value is -2.69. The van der Waals surface area contributed by atoms with Crippen molar-refractivity contribution in [1.29, 1.82) is 5.26 Å². The number of hydrogen-bond donors (Lipinski definition) is 3. The fourth-order valence-corrected chi connectivity index (χ4v) is 3.04. The summed E-state index contributed by atoms with van der Waals surface area (Å²) in [5, 5.41) is 16.9. The Balaban J connectivity index is 1.74. The third-order valence-electron chi connectivity index (χ3n) is 4.05. The van der Waals surface area contributed by atoms with Crippen molar-refractivity contribution in [2.75, 3.05) is 18.4 Å². The summed E-state index contributed by atoms with van der Waals surface area (Å²) in [7, 11) is 0. The van der Waals surface area contributed by atoms with Gasteiger partial charge in [0.15, 0.2) is 0 Å². The lowest BCUT2D eigenvalue weighted by atomic mass is 10.1. The zero-order valence-corrected chi connectivity index (χ0v) is 13.4. The number of H-pyrrole nitrogens is 1. The number of anilines is 1. The van der Waals surface area contributed by atoms with Crippen LogP contribution in [0.25, 0.3) is 22.3 Å². The number of fused-ring (bicyclic) bond motifs is 1. The van der Waals surface area contributed by atoms with Gasteiger partial charge in [-0.05, 0) is 25.1 Å². The van der Waals surface area contributed by atoms with Crippen LogP contribution in [-0.4, -0.2) is 39.1 Å². The molecule has 0 bridgehead atoms. The number of aromatic nitrogens is 4. The van der Waals surface area contributed by atoms with E-state index in [4.69, 9.17) is 16.9 Å². The summed E-state index contributed by atoms with van der Waals surface area (Å²) in [4.78, 5) is 16.2. The molecule has 0 radical (unpaired) electrons. The molecule has 0 amide bonds. The van der Waals surface area contributed by atoms with Crippen LogP contribution >= 0.6 is 11.6 Å². The molecule has 0 aromatic carbocycles. The lowest BCUT2D eigenvalue weighted by Crippen LogP contribution is -2.23. The van der Waals surface area contributed by atoms with Gasteiger partial charge in [0.25, 0.3) is 0 Å². The Morgan fingerprint density at radius 1 is 1.33 bits per heavy atom. The van der Waals surface area contributed by atoms with Crippen molar-refractivity contribution >= 4 is 28.6 Å². The van der Waals surface area contributed by atoms with Gasteiger partial charge in [0, 0.05) is 29.7 Å². The van der Waals surface area contributed by atoms with Crippen molar-refractivity contribution in [3.63, 3.8) is 0 Å². The van der Waals surface area contributed by atoms with Crippen molar-refractivity contribution in [1.82, 2.24) is 25.3 Å². The molecule has 1 aliphatic heterocycles. The summed E-state index contributed by atoms with van der Waals surface area (Å²) in [5.41, 5.74) is 2.47. The minimum atomic E-state index is 0.321. The van der Waals surface area contributed by atoms with Crippen LogP contribution in [0.15, 0.2) is 24.5 Å². The molecule has 1 aliphatic rings. The van der Waals surface area contributed by atoms with Gasteiger partial charge in [-0.2, -0.15) is 5.26 Å². The molecule has 8 heteroatoms. The summed E-state index contributed by atoms with van der Waals surface area (Å²) in [6.07, 6.45) is 4.44. The highest BCUT2D eigenvalue weighted by molar-refractivity contribution is 6.33. The molecule has 0 spiro atoms. The monoisotopic (exact) mass is 339 g/mol. The number of hydrogen-bond acceptors (Lipinski definition) is 6. The largest absolute Gasteiger partial charge is 0.350 e. The summed E-state index contributed by atoms with van der Waals surface area (Å²) < 4.78 is 0. The highest BCUT2D eigenvalue weighted by atomic mass is 35.5. The Morgan fingerprint density at radius 3 is 3.04 bits per heavy atom. The number of halogens is 1. The van der Waals surface area contributed by atoms with Gasteiger partial charge in [0.05, 0.1) is 16.9 Å². The molecule has 3 N–H and O–H groups in total. The van der Waals surface area contributed by atoms with Crippen LogP contribution in [-0.2, 0) is 0 Å². The maximum absolute atomic E-state index is 8.96. The van der Waals surface area contributed by atoms with Gasteiger partial charge in [-0.15, -0.1) is 0 Å². The molecule has 1 saturated heterocycles. The van der Waals surface area contributed by atoms with Crippen LogP contribution in [0.5, 0.6) is 0 Å². The molecule has 7 nitrogen and oxygen atoms in total. The average molecular weight is 340 g/mol. The van der Waals surface area contributed by atoms with Gasteiger partial charge in [-0.25, -0.2) is 15.0 Å². The Morgan fingerprint density at radius 2 is 2.25 bits per heavy atom. The topological polar surface area (TPSA) is 102 Å². The molecule has 0 aliphatic carbocycles. The molecular formula is C16H14ClN7. The van der Waals surface area contributed by atoms with Gasteiger partial charge in [-0.1, -0.05) is 11.6 Å². The molecule has 1 atom stereocenters. The van der Waals surface area contributed by atoms with Crippen LogP contribution in [0.4, 0.5) is 5.95 Å². The number of aromatic amines is 1. The molecule has 0 unspecified atom stereocenters. The maximum Gasteiger partial charge on any atom is 0.223 e. The van der Waals surface area contributed by atoms with E-state index in [9.17, 15) is 0 Å². The van der Waals surface area contributed by atoms with Crippen molar-refractivity contribution in [3.05, 3.63) is 35.2 Å². The number of pyridine rings is 1. The number of nitriles is 1. The molecule has 4 rings (SSSR count). The van der Waals surface area contributed by atoms with Gasteiger partial charge in [0.1, 0.15) is 17.4 Å². The SMILES string of the molecule is N#Cc1ccc2c(-c3nc(N[C@@H]4CCNC4)ncc3Cl)c[nH]c2n1. The standard InChI is InChI=1S/C16H14ClN7/c17-13-8-21-16(23-10-3-4-19-6-10)24-14(13)12-7-20-15-11(12)2-1-9(5-18)22-15/h1-2,7-8,10,19H,3-4,6H2,(H,20,22)(H,21,23,24)/t10-/m1/s1. The molecule has 0 saturated carbocycles. The maximum atomic E-state index is 8.96. The van der Waals surface area contributed by atoms with Crippen molar-refractivity contribution < 1.29 is 0 Å². The first-order valence-electron chi connectivity index (χ1n) is 7.63. The smallest absolute Gasteiger partial charge is 0.223 e. The first-order chi connectivity index (χ1) is 11.7. The number of nitrogens with one attached hydrogen (secondary N) is 3. The normalized spacial score (nSPS) is 17.1. The summed E-state index contributed by atoms with van der Waals surface area (Å²) in [5.74, 6) is 0.555. The highest BCUT2D eigenvalue weighted by Crippen LogP contribution is 2.32. The van der Waals surface area contributed by atoms with Crippen molar-refractivity contribution in [2.24, 2.45) is 0 Å². The number of nitrogens with zero attached hydrogens (tertiary/aromatic N) is 4. The van der Waals surface area contributed by atoms with Gasteiger partial charge in [0.2, 0.25) is 5.95 Å². The number of rotatable bonds is 3. The molecule has 3 aromatic rings. The van der Waals surface area contributed by atoms with Crippen molar-refractivity contribution in [3.8, 4) is 17.3 Å². The van der Waals surface area contributed by atoms with E-state index in [1.807, 2.05) is 12.1 Å². The summed E-state index contributed by atoms with van der Waals surface area (Å²) >= 11 is 6.31. The first-order valence-corrected chi connectivity index (χ1v) is 8.01. The van der Waals surface area contributed by atoms with E-state index in [1.165, 1.54) is 0 Å². The fraction of sp³-hybridized carbons (Fsp3) is 0.250. The van der Waals surface area contributed by atoms with E-state index in [-0.39, 0.29) is 0 Å². The van der Waals surface area contributed by atoms with Gasteiger partial charge < -0.3 is 15.6 Å². The van der Waals surface area contributed by atoms with Crippen LogP contribution in [0.1, 0.15) is 12.1 Å². The van der Waals surface area contributed by atoms with Crippen LogP contribution < -0.4 is 10.6 Å². The van der Waals surface area contributed by atoms with Crippen molar-refractivity contribution in [2.45, 2.75) is 12.5 Å². The predicted molar refractivity (Wildman–Crippen MR) is 91.7 cm³/mol. The third-order valence-corrected chi connectivity index (χ3v) is 4.32. The highest BCUT2D eigenvalue weighted by Gasteiger charge is 2.18. The first kappa shape index (κ1) is 14.9. The second kappa shape index (κ2) is 6.07. The van der Waals surface area contributed by atoms with Gasteiger partial charge in [-0.3, -0.25) is 0 Å². The van der Waals surface area contributed by atoms with E-state index in [2.05, 4.69) is 30.6 Å². The molecule has 1 fully saturated rings. The second-order valence-electron chi connectivity index (χ2n) is 5.63. The van der Waals surface area contributed by atoms with Crippen LogP contribution in [0.3, 0.4) is 0 Å². The summed E-state index contributed by atoms with van der Waals surface area (Å²) in [6, 6.07) is 5.88. The Labute approximate surface area is 143 Å². The molecule has 120 valence electrons. The minimum absolute atomic E-state index is 0.321. The predicted octanol–water partition coefficient (Wildman–Crippen LogP) is 2.32. The quantitative estimate of drug-likeness (QED) is 0.676. The lowest BCUT2D eigenvalue weighted by molar-refractivity contribution is 0.781. The molecular weight excluding hydrogens is 326 g/mol. The van der Waals surface area contributed by atoms with Crippen LogP contribution in [0, 0.1) is 11.3 Å². The Kier molecular flexibility index (Phi) is 3.76. The average Bonchev–Trinajstić information content (AvgIpc) is 3.25. The zero-order valence-electron chi connectivity index (χ0n) is 12.7. The molecule has 24 heavy (non-hydrogen) atoms. The fourth-order valence-electron chi connectivity index (χ4n) is 2.85. The van der Waals surface area contributed by atoms with Crippen LogP contribution in [0.2, 0.25) is 5.02 Å². The van der Waals surface area contributed by atoms with E-state index in [0.29, 0.717) is 34.0 Å². The van der Waals surface area contributed by atoms with E-state index in [1.54, 1.807) is 18.5 Å². The second-order valence-corrected chi connectivity index (χ2v) is 6.04. The molecule has 4 heterocycles. The molecule has 3 aromatic heterocycles. The third kappa shape index (κ3) is 2.66. The zero-order chi connectivity index (χ0) is 16.5.